The maximum Gasteiger partial charge on any atom is 0.352 e. The molecule has 0 aromatic rings. The molecule has 0 aliphatic carbocycles. The molecule has 1 heterocycles. The Balaban J connectivity index is 2.76. The van der Waals surface area contributed by atoms with Gasteiger partial charge in [0.05, 0.1) is 0 Å². The van der Waals surface area contributed by atoms with Crippen molar-refractivity contribution in [1.29, 1.82) is 0 Å². The van der Waals surface area contributed by atoms with Gasteiger partial charge < -0.3 is 10.0 Å². The zero-order chi connectivity index (χ0) is 7.56. The normalized spacial score (nSPS) is 16.9. The van der Waals surface area contributed by atoms with E-state index in [0.29, 0.717) is 12.1 Å². The van der Waals surface area contributed by atoms with Crippen molar-refractivity contribution >= 4 is 5.97 Å². The van der Waals surface area contributed by atoms with E-state index in [-0.39, 0.29) is 0 Å². The van der Waals surface area contributed by atoms with E-state index in [1.807, 2.05) is 6.08 Å². The summed E-state index contributed by atoms with van der Waals surface area (Å²) in [4.78, 5) is 12.0. The molecule has 1 aliphatic rings. The van der Waals surface area contributed by atoms with Gasteiger partial charge >= 0.3 is 5.97 Å². The predicted molar refractivity (Wildman–Crippen MR) is 37.2 cm³/mol. The van der Waals surface area contributed by atoms with E-state index in [2.05, 4.69) is 0 Å². The number of carboxylic acids is 1. The van der Waals surface area contributed by atoms with Crippen LogP contribution in [0.5, 0.6) is 0 Å². The van der Waals surface area contributed by atoms with Crippen LogP contribution in [0.25, 0.3) is 0 Å². The van der Waals surface area contributed by atoms with Crippen molar-refractivity contribution in [1.82, 2.24) is 4.90 Å². The molecule has 0 amide bonds. The summed E-state index contributed by atoms with van der Waals surface area (Å²) in [7, 11) is 1.72. The van der Waals surface area contributed by atoms with Crippen LogP contribution in [0.1, 0.15) is 6.42 Å². The zero-order valence-electron chi connectivity index (χ0n) is 5.74. The van der Waals surface area contributed by atoms with Crippen molar-refractivity contribution in [3.05, 3.63) is 24.0 Å². The zero-order valence-corrected chi connectivity index (χ0v) is 5.74. The Morgan fingerprint density at radius 1 is 1.80 bits per heavy atom. The lowest BCUT2D eigenvalue weighted by Crippen LogP contribution is -2.19. The monoisotopic (exact) mass is 139 g/mol. The standard InChI is InChI=1S/C7H9NO2/c1-8-5-3-2-4-6(8)7(9)10/h3-5H,2H2,1H3,(H,9,10). The molecule has 1 aliphatic heterocycles. The molecule has 0 saturated carbocycles. The van der Waals surface area contributed by atoms with Crippen LogP contribution in [0.4, 0.5) is 0 Å². The number of likely N-dealkylation sites (N-methyl/N-ethyl adjacent to an activating group) is 1. The molecule has 0 atom stereocenters. The third-order valence-corrected chi connectivity index (χ3v) is 1.38. The second-order valence-electron chi connectivity index (χ2n) is 2.13. The first kappa shape index (κ1) is 6.86. The van der Waals surface area contributed by atoms with Gasteiger partial charge in [0.1, 0.15) is 5.70 Å². The molecule has 1 rings (SSSR count). The first-order chi connectivity index (χ1) is 4.72. The van der Waals surface area contributed by atoms with Crippen molar-refractivity contribution in [2.75, 3.05) is 7.05 Å². The Hall–Kier alpha value is -1.25. The van der Waals surface area contributed by atoms with Crippen molar-refractivity contribution in [2.45, 2.75) is 6.42 Å². The summed E-state index contributed by atoms with van der Waals surface area (Å²) in [5.41, 5.74) is 0.350. The summed E-state index contributed by atoms with van der Waals surface area (Å²) in [6.07, 6.45) is 6.06. The highest BCUT2D eigenvalue weighted by atomic mass is 16.4. The third kappa shape index (κ3) is 1.18. The number of carboxylic acid groups (broad SMARTS) is 1. The van der Waals surface area contributed by atoms with Gasteiger partial charge in [-0.3, -0.25) is 0 Å². The van der Waals surface area contributed by atoms with E-state index in [4.69, 9.17) is 5.11 Å². The van der Waals surface area contributed by atoms with E-state index >= 15 is 0 Å². The average Bonchev–Trinajstić information content (AvgIpc) is 1.88. The van der Waals surface area contributed by atoms with Crippen molar-refractivity contribution in [3.63, 3.8) is 0 Å². The van der Waals surface area contributed by atoms with Gasteiger partial charge in [0.2, 0.25) is 0 Å². The van der Waals surface area contributed by atoms with Gasteiger partial charge in [0, 0.05) is 13.2 Å². The fourth-order valence-corrected chi connectivity index (χ4v) is 0.861. The molecule has 0 spiro atoms. The first-order valence-corrected chi connectivity index (χ1v) is 3.05. The number of rotatable bonds is 1. The van der Waals surface area contributed by atoms with Crippen LogP contribution in [0.15, 0.2) is 24.0 Å². The number of aliphatic carboxylic acids is 1. The van der Waals surface area contributed by atoms with Crippen molar-refractivity contribution in [2.24, 2.45) is 0 Å². The Bertz CT molecular complexity index is 206. The maximum absolute atomic E-state index is 10.4. The summed E-state index contributed by atoms with van der Waals surface area (Å²) in [5.74, 6) is -0.869. The molecule has 3 nitrogen and oxygen atoms in total. The van der Waals surface area contributed by atoms with Crippen LogP contribution in [0, 0.1) is 0 Å². The van der Waals surface area contributed by atoms with Gasteiger partial charge in [-0.15, -0.1) is 0 Å². The minimum absolute atomic E-state index is 0.350. The molecule has 0 radical (unpaired) electrons. The molecular formula is C7H9NO2. The number of nitrogens with zero attached hydrogens (tertiary/aromatic N) is 1. The van der Waals surface area contributed by atoms with Crippen LogP contribution in [0.3, 0.4) is 0 Å². The summed E-state index contributed by atoms with van der Waals surface area (Å²) in [6.45, 7) is 0. The highest BCUT2D eigenvalue weighted by molar-refractivity contribution is 5.86. The largest absolute Gasteiger partial charge is 0.477 e. The van der Waals surface area contributed by atoms with Gasteiger partial charge in [-0.2, -0.15) is 0 Å². The summed E-state index contributed by atoms with van der Waals surface area (Å²) < 4.78 is 0. The maximum atomic E-state index is 10.4. The van der Waals surface area contributed by atoms with Crippen LogP contribution in [-0.4, -0.2) is 23.0 Å². The lowest BCUT2D eigenvalue weighted by Gasteiger charge is -2.16. The number of hydrogen-bond donors (Lipinski definition) is 1. The number of carbonyl (C=O) groups is 1. The Labute approximate surface area is 59.3 Å². The lowest BCUT2D eigenvalue weighted by molar-refractivity contribution is -0.134. The van der Waals surface area contributed by atoms with E-state index in [0.717, 1.165) is 0 Å². The van der Waals surface area contributed by atoms with Crippen molar-refractivity contribution < 1.29 is 9.90 Å². The van der Waals surface area contributed by atoms with E-state index in [1.54, 1.807) is 24.2 Å². The van der Waals surface area contributed by atoms with E-state index < -0.39 is 5.97 Å². The molecule has 0 bridgehead atoms. The highest BCUT2D eigenvalue weighted by Gasteiger charge is 2.11. The Morgan fingerprint density at radius 3 is 2.90 bits per heavy atom. The molecule has 0 aromatic heterocycles. The van der Waals surface area contributed by atoms with E-state index in [9.17, 15) is 4.79 Å². The second-order valence-corrected chi connectivity index (χ2v) is 2.13. The number of allylic oxidation sites excluding steroid dienone is 2. The van der Waals surface area contributed by atoms with E-state index in [1.165, 1.54) is 0 Å². The molecule has 0 fully saturated rings. The molecule has 10 heavy (non-hydrogen) atoms. The number of hydrogen-bond acceptors (Lipinski definition) is 2. The quantitative estimate of drug-likeness (QED) is 0.584. The summed E-state index contributed by atoms with van der Waals surface area (Å²) >= 11 is 0. The molecule has 0 aromatic carbocycles. The second kappa shape index (κ2) is 2.56. The Kier molecular flexibility index (Phi) is 1.76. The molecule has 3 heteroatoms. The Morgan fingerprint density at radius 2 is 2.50 bits per heavy atom. The predicted octanol–water partition coefficient (Wildman–Crippen LogP) is 0.804. The molecule has 0 saturated heterocycles. The fraction of sp³-hybridized carbons (Fsp3) is 0.286. The van der Waals surface area contributed by atoms with Gasteiger partial charge in [0.25, 0.3) is 0 Å². The summed E-state index contributed by atoms with van der Waals surface area (Å²) in [5, 5.41) is 8.56. The van der Waals surface area contributed by atoms with Gasteiger partial charge in [-0.1, -0.05) is 6.08 Å². The van der Waals surface area contributed by atoms with Crippen LogP contribution >= 0.6 is 0 Å². The minimum Gasteiger partial charge on any atom is -0.477 e. The molecular weight excluding hydrogens is 130 g/mol. The van der Waals surface area contributed by atoms with Crippen LogP contribution in [-0.2, 0) is 4.79 Å². The highest BCUT2D eigenvalue weighted by Crippen LogP contribution is 2.09. The van der Waals surface area contributed by atoms with Gasteiger partial charge in [0.15, 0.2) is 0 Å². The van der Waals surface area contributed by atoms with Crippen molar-refractivity contribution in [3.8, 4) is 0 Å². The first-order valence-electron chi connectivity index (χ1n) is 3.05. The van der Waals surface area contributed by atoms with Crippen LogP contribution in [0.2, 0.25) is 0 Å². The third-order valence-electron chi connectivity index (χ3n) is 1.38. The van der Waals surface area contributed by atoms with Gasteiger partial charge in [-0.05, 0) is 12.5 Å². The van der Waals surface area contributed by atoms with Crippen LogP contribution < -0.4 is 0 Å². The van der Waals surface area contributed by atoms with Gasteiger partial charge in [-0.25, -0.2) is 4.79 Å². The molecule has 1 N–H and O–H groups in total. The fourth-order valence-electron chi connectivity index (χ4n) is 0.861. The average molecular weight is 139 g/mol. The SMILES string of the molecule is CN1C=CCC=C1C(=O)O. The smallest absolute Gasteiger partial charge is 0.352 e. The molecule has 54 valence electrons. The molecule has 0 unspecified atom stereocenters. The summed E-state index contributed by atoms with van der Waals surface area (Å²) in [6, 6.07) is 0. The minimum atomic E-state index is -0.869. The lowest BCUT2D eigenvalue weighted by atomic mass is 10.2. The topological polar surface area (TPSA) is 40.5 Å².